The Morgan fingerprint density at radius 1 is 1.31 bits per heavy atom. The Bertz CT molecular complexity index is 748. The molecular formula is C19H22F2N2O3. The Morgan fingerprint density at radius 2 is 2.12 bits per heavy atom. The predicted octanol–water partition coefficient (Wildman–Crippen LogP) is 4.02. The number of nitrogens with zero attached hydrogens (tertiary/aromatic N) is 2. The summed E-state index contributed by atoms with van der Waals surface area (Å²) in [5.41, 5.74) is 0.938. The van der Waals surface area contributed by atoms with Gasteiger partial charge in [-0.05, 0) is 31.0 Å². The standard InChI is InChI=1S/C19H22F2N2O3/c20-19(21)10-23-16(8-9-22-23)14-5-2-1-4-13(14)12-26-18-7-3-6-17(25)15(18)11-24/h3,6-9,11,13-14,19,25H,1-2,4-5,10,12H2. The molecule has 1 saturated carbocycles. The number of halogens is 2. The Morgan fingerprint density at radius 3 is 2.88 bits per heavy atom. The first-order chi connectivity index (χ1) is 12.6. The van der Waals surface area contributed by atoms with Gasteiger partial charge >= 0.3 is 0 Å². The molecule has 0 spiro atoms. The average molecular weight is 364 g/mol. The fraction of sp³-hybridized carbons (Fsp3) is 0.474. The van der Waals surface area contributed by atoms with E-state index in [0.717, 1.165) is 31.4 Å². The van der Waals surface area contributed by atoms with Gasteiger partial charge in [-0.15, -0.1) is 0 Å². The van der Waals surface area contributed by atoms with Crippen LogP contribution >= 0.6 is 0 Å². The molecule has 0 amide bonds. The van der Waals surface area contributed by atoms with Crippen LogP contribution in [0.1, 0.15) is 47.7 Å². The highest BCUT2D eigenvalue weighted by Gasteiger charge is 2.30. The zero-order chi connectivity index (χ0) is 18.5. The van der Waals surface area contributed by atoms with Crippen molar-refractivity contribution in [1.29, 1.82) is 0 Å². The van der Waals surface area contributed by atoms with Crippen LogP contribution in [0.25, 0.3) is 0 Å². The molecule has 140 valence electrons. The number of rotatable bonds is 7. The van der Waals surface area contributed by atoms with Crippen molar-refractivity contribution in [3.8, 4) is 11.5 Å². The Balaban J connectivity index is 1.75. The number of hydrogen-bond acceptors (Lipinski definition) is 4. The summed E-state index contributed by atoms with van der Waals surface area (Å²) in [6.45, 7) is -0.0525. The van der Waals surface area contributed by atoms with E-state index in [2.05, 4.69) is 5.10 Å². The highest BCUT2D eigenvalue weighted by Crippen LogP contribution is 2.38. The number of aromatic nitrogens is 2. The number of ether oxygens (including phenoxy) is 1. The molecule has 1 aliphatic rings. The highest BCUT2D eigenvalue weighted by molar-refractivity contribution is 5.83. The molecule has 0 radical (unpaired) electrons. The van der Waals surface area contributed by atoms with Crippen LogP contribution in [0.15, 0.2) is 30.5 Å². The van der Waals surface area contributed by atoms with Crippen molar-refractivity contribution in [3.63, 3.8) is 0 Å². The molecule has 1 aliphatic carbocycles. The molecule has 1 aromatic heterocycles. The summed E-state index contributed by atoms with van der Waals surface area (Å²) in [5.74, 6) is 0.443. The van der Waals surface area contributed by atoms with Crippen molar-refractivity contribution in [2.75, 3.05) is 6.61 Å². The first-order valence-corrected chi connectivity index (χ1v) is 8.80. The van der Waals surface area contributed by atoms with Crippen molar-refractivity contribution >= 4 is 6.29 Å². The average Bonchev–Trinajstić information content (AvgIpc) is 3.07. The fourth-order valence-electron chi connectivity index (χ4n) is 3.71. The summed E-state index contributed by atoms with van der Waals surface area (Å²) >= 11 is 0. The van der Waals surface area contributed by atoms with Crippen molar-refractivity contribution in [2.24, 2.45) is 5.92 Å². The monoisotopic (exact) mass is 364 g/mol. The second kappa shape index (κ2) is 8.29. The summed E-state index contributed by atoms with van der Waals surface area (Å²) in [5, 5.41) is 13.8. The number of aldehydes is 1. The van der Waals surface area contributed by atoms with Gasteiger partial charge < -0.3 is 9.84 Å². The maximum absolute atomic E-state index is 12.8. The zero-order valence-electron chi connectivity index (χ0n) is 14.4. The van der Waals surface area contributed by atoms with Gasteiger partial charge in [0.2, 0.25) is 0 Å². The van der Waals surface area contributed by atoms with E-state index in [1.807, 2.05) is 0 Å². The molecule has 26 heavy (non-hydrogen) atoms. The normalized spacial score (nSPS) is 20.3. The first-order valence-electron chi connectivity index (χ1n) is 8.80. The minimum absolute atomic E-state index is 0.0852. The van der Waals surface area contributed by atoms with Gasteiger partial charge in [-0.3, -0.25) is 9.48 Å². The molecular weight excluding hydrogens is 342 g/mol. The van der Waals surface area contributed by atoms with Crippen LogP contribution < -0.4 is 4.74 Å². The largest absolute Gasteiger partial charge is 0.507 e. The predicted molar refractivity (Wildman–Crippen MR) is 91.9 cm³/mol. The van der Waals surface area contributed by atoms with Crippen LogP contribution in [-0.4, -0.2) is 34.2 Å². The van der Waals surface area contributed by atoms with Crippen LogP contribution in [0, 0.1) is 5.92 Å². The lowest BCUT2D eigenvalue weighted by atomic mass is 9.78. The molecule has 7 heteroatoms. The van der Waals surface area contributed by atoms with E-state index in [0.29, 0.717) is 18.6 Å². The lowest BCUT2D eigenvalue weighted by Gasteiger charge is -2.32. The molecule has 1 fully saturated rings. The number of carbonyl (C=O) groups is 1. The third-order valence-corrected chi connectivity index (χ3v) is 4.96. The fourth-order valence-corrected chi connectivity index (χ4v) is 3.71. The van der Waals surface area contributed by atoms with E-state index in [-0.39, 0.29) is 23.1 Å². The third-order valence-electron chi connectivity index (χ3n) is 4.96. The lowest BCUT2D eigenvalue weighted by Crippen LogP contribution is -2.27. The number of carbonyl (C=O) groups excluding carboxylic acids is 1. The summed E-state index contributed by atoms with van der Waals surface area (Å²) in [6, 6.07) is 6.50. The van der Waals surface area contributed by atoms with Crippen LogP contribution in [-0.2, 0) is 6.54 Å². The minimum Gasteiger partial charge on any atom is -0.507 e. The van der Waals surface area contributed by atoms with Gasteiger partial charge in [-0.1, -0.05) is 18.9 Å². The minimum atomic E-state index is -2.45. The summed E-state index contributed by atoms with van der Waals surface area (Å²) in [6.07, 6.45) is 3.57. The third kappa shape index (κ3) is 4.03. The van der Waals surface area contributed by atoms with Crippen molar-refractivity contribution < 1.29 is 23.4 Å². The van der Waals surface area contributed by atoms with Crippen LogP contribution in [0.4, 0.5) is 8.78 Å². The summed E-state index contributed by atoms with van der Waals surface area (Å²) in [7, 11) is 0. The maximum Gasteiger partial charge on any atom is 0.257 e. The lowest BCUT2D eigenvalue weighted by molar-refractivity contribution is 0.111. The zero-order valence-corrected chi connectivity index (χ0v) is 14.4. The second-order valence-corrected chi connectivity index (χ2v) is 6.60. The number of benzene rings is 1. The smallest absolute Gasteiger partial charge is 0.257 e. The van der Waals surface area contributed by atoms with Crippen LogP contribution in [0.5, 0.6) is 11.5 Å². The number of phenolic OH excluding ortho intramolecular Hbond substituents is 1. The van der Waals surface area contributed by atoms with Crippen molar-refractivity contribution in [1.82, 2.24) is 9.78 Å². The van der Waals surface area contributed by atoms with Gasteiger partial charge in [-0.2, -0.15) is 5.10 Å². The summed E-state index contributed by atoms with van der Waals surface area (Å²) < 4.78 is 32.8. The molecule has 0 aliphatic heterocycles. The molecule has 0 bridgehead atoms. The van der Waals surface area contributed by atoms with Gasteiger partial charge in [0.1, 0.15) is 18.0 Å². The van der Waals surface area contributed by atoms with Crippen molar-refractivity contribution in [2.45, 2.75) is 44.6 Å². The van der Waals surface area contributed by atoms with Crippen LogP contribution in [0.3, 0.4) is 0 Å². The maximum atomic E-state index is 12.8. The molecule has 2 aromatic rings. The number of aromatic hydroxyl groups is 1. The van der Waals surface area contributed by atoms with E-state index in [1.165, 1.54) is 10.7 Å². The van der Waals surface area contributed by atoms with E-state index in [4.69, 9.17) is 4.74 Å². The number of phenols is 1. The van der Waals surface area contributed by atoms with E-state index >= 15 is 0 Å². The molecule has 2 atom stereocenters. The van der Waals surface area contributed by atoms with Gasteiger partial charge in [0.25, 0.3) is 6.43 Å². The topological polar surface area (TPSA) is 64.3 Å². The highest BCUT2D eigenvalue weighted by atomic mass is 19.3. The molecule has 2 unspecified atom stereocenters. The Hall–Kier alpha value is -2.44. The first kappa shape index (κ1) is 18.4. The molecule has 0 saturated heterocycles. The van der Waals surface area contributed by atoms with E-state index in [9.17, 15) is 18.7 Å². The molecule has 3 rings (SSSR count). The Labute approximate surface area is 150 Å². The molecule has 1 aromatic carbocycles. The van der Waals surface area contributed by atoms with Gasteiger partial charge in [0.05, 0.1) is 12.2 Å². The number of alkyl halides is 2. The summed E-state index contributed by atoms with van der Waals surface area (Å²) in [4.78, 5) is 11.2. The molecule has 5 nitrogen and oxygen atoms in total. The second-order valence-electron chi connectivity index (χ2n) is 6.60. The van der Waals surface area contributed by atoms with Crippen LogP contribution in [0.2, 0.25) is 0 Å². The van der Waals surface area contributed by atoms with Crippen molar-refractivity contribution in [3.05, 3.63) is 41.7 Å². The molecule has 1 N–H and O–H groups in total. The van der Waals surface area contributed by atoms with Gasteiger partial charge in [-0.25, -0.2) is 8.78 Å². The Kier molecular flexibility index (Phi) is 5.85. The van der Waals surface area contributed by atoms with Gasteiger partial charge in [0, 0.05) is 23.7 Å². The SMILES string of the molecule is O=Cc1c(O)cccc1OCC1CCCCC1c1ccnn1CC(F)F. The molecule has 1 heterocycles. The van der Waals surface area contributed by atoms with E-state index < -0.39 is 13.0 Å². The quantitative estimate of drug-likeness (QED) is 0.754. The number of hydrogen-bond donors (Lipinski definition) is 1. The van der Waals surface area contributed by atoms with E-state index in [1.54, 1.807) is 24.4 Å². The van der Waals surface area contributed by atoms with Gasteiger partial charge in [0.15, 0.2) is 6.29 Å².